The molecule has 0 fully saturated rings. The van der Waals surface area contributed by atoms with Crippen molar-refractivity contribution in [2.24, 2.45) is 5.41 Å². The molecule has 0 radical (unpaired) electrons. The lowest BCUT2D eigenvalue weighted by Crippen LogP contribution is -2.41. The Morgan fingerprint density at radius 2 is 1.59 bits per heavy atom. The van der Waals surface area contributed by atoms with Gasteiger partial charge >= 0.3 is 5.97 Å². The molecule has 17 heavy (non-hydrogen) atoms. The second-order valence-electron chi connectivity index (χ2n) is 5.15. The molecule has 1 unspecified atom stereocenters. The Morgan fingerprint density at radius 1 is 1.06 bits per heavy atom. The third-order valence-electron chi connectivity index (χ3n) is 4.12. The summed E-state index contributed by atoms with van der Waals surface area (Å²) in [6.07, 6.45) is 4.76. The third-order valence-corrected chi connectivity index (χ3v) is 4.12. The molecule has 0 amide bonds. The summed E-state index contributed by atoms with van der Waals surface area (Å²) in [7, 11) is 0. The van der Waals surface area contributed by atoms with Crippen molar-refractivity contribution in [3.05, 3.63) is 0 Å². The van der Waals surface area contributed by atoms with Crippen LogP contribution < -0.4 is 0 Å². The van der Waals surface area contributed by atoms with E-state index in [-0.39, 0.29) is 0 Å². The third kappa shape index (κ3) is 4.30. The Labute approximate surface area is 105 Å². The number of aliphatic hydroxyl groups is 1. The molecule has 3 heteroatoms. The van der Waals surface area contributed by atoms with Crippen molar-refractivity contribution in [2.45, 2.75) is 78.2 Å². The van der Waals surface area contributed by atoms with E-state index in [0.29, 0.717) is 32.1 Å². The predicted molar refractivity (Wildman–Crippen MR) is 70.0 cm³/mol. The maximum absolute atomic E-state index is 11.6. The summed E-state index contributed by atoms with van der Waals surface area (Å²) >= 11 is 0. The molecule has 0 aliphatic carbocycles. The van der Waals surface area contributed by atoms with Gasteiger partial charge in [-0.05, 0) is 32.1 Å². The monoisotopic (exact) mass is 244 g/mol. The molecule has 2 N–H and O–H groups in total. The number of rotatable bonds is 9. The van der Waals surface area contributed by atoms with Gasteiger partial charge in [-0.15, -0.1) is 0 Å². The Morgan fingerprint density at radius 3 is 1.88 bits per heavy atom. The molecule has 0 aliphatic heterocycles. The van der Waals surface area contributed by atoms with Gasteiger partial charge in [-0.2, -0.15) is 0 Å². The van der Waals surface area contributed by atoms with Crippen molar-refractivity contribution >= 4 is 5.97 Å². The highest BCUT2D eigenvalue weighted by Crippen LogP contribution is 2.40. The molecule has 0 saturated carbocycles. The molecule has 0 bridgehead atoms. The highest BCUT2D eigenvalue weighted by molar-refractivity contribution is 5.74. The van der Waals surface area contributed by atoms with Gasteiger partial charge in [0.25, 0.3) is 0 Å². The lowest BCUT2D eigenvalue weighted by molar-refractivity contribution is -0.155. The summed E-state index contributed by atoms with van der Waals surface area (Å²) in [5.74, 6) is -0.756. The van der Waals surface area contributed by atoms with Gasteiger partial charge in [-0.25, -0.2) is 0 Å². The van der Waals surface area contributed by atoms with Crippen molar-refractivity contribution in [3.63, 3.8) is 0 Å². The normalized spacial score (nSPS) is 15.6. The van der Waals surface area contributed by atoms with Crippen molar-refractivity contribution in [1.29, 1.82) is 0 Å². The highest BCUT2D eigenvalue weighted by atomic mass is 16.4. The summed E-state index contributed by atoms with van der Waals surface area (Å²) in [5.41, 5.74) is -1.58. The van der Waals surface area contributed by atoms with E-state index in [1.807, 2.05) is 20.8 Å². The molecule has 3 nitrogen and oxygen atoms in total. The minimum atomic E-state index is -0.831. The standard InChI is InChI=1S/C14H28O3/c1-5-9-10-13(6-2,12(15)16)11-14(17,7-3)8-4/h17H,5-11H2,1-4H3,(H,15,16). The Hall–Kier alpha value is -0.570. The van der Waals surface area contributed by atoms with Gasteiger partial charge in [0.1, 0.15) is 0 Å². The van der Waals surface area contributed by atoms with E-state index >= 15 is 0 Å². The zero-order valence-corrected chi connectivity index (χ0v) is 11.8. The average Bonchev–Trinajstić information content (AvgIpc) is 2.34. The second kappa shape index (κ2) is 7.00. The summed E-state index contributed by atoms with van der Waals surface area (Å²) in [6, 6.07) is 0. The molecule has 0 aliphatic rings. The van der Waals surface area contributed by atoms with Crippen LogP contribution in [0.25, 0.3) is 0 Å². The molecule has 0 aromatic rings. The first kappa shape index (κ1) is 16.4. The van der Waals surface area contributed by atoms with Gasteiger partial charge in [0, 0.05) is 0 Å². The van der Waals surface area contributed by atoms with Crippen LogP contribution >= 0.6 is 0 Å². The molecular weight excluding hydrogens is 216 g/mol. The van der Waals surface area contributed by atoms with Crippen LogP contribution in [0.3, 0.4) is 0 Å². The smallest absolute Gasteiger partial charge is 0.309 e. The zero-order chi connectivity index (χ0) is 13.5. The van der Waals surface area contributed by atoms with Crippen LogP contribution in [0.1, 0.15) is 72.6 Å². The lowest BCUT2D eigenvalue weighted by atomic mass is 9.70. The van der Waals surface area contributed by atoms with Gasteiger partial charge < -0.3 is 10.2 Å². The van der Waals surface area contributed by atoms with E-state index < -0.39 is 17.0 Å². The summed E-state index contributed by atoms with van der Waals surface area (Å²) in [6.45, 7) is 7.82. The zero-order valence-electron chi connectivity index (χ0n) is 11.8. The van der Waals surface area contributed by atoms with E-state index in [1.54, 1.807) is 0 Å². The Bertz CT molecular complexity index is 234. The van der Waals surface area contributed by atoms with Gasteiger partial charge in [0.05, 0.1) is 11.0 Å². The molecule has 0 aromatic heterocycles. The van der Waals surface area contributed by atoms with Gasteiger partial charge in [-0.1, -0.05) is 40.5 Å². The number of unbranched alkanes of at least 4 members (excludes halogenated alkanes) is 1. The van der Waals surface area contributed by atoms with Crippen molar-refractivity contribution < 1.29 is 15.0 Å². The topological polar surface area (TPSA) is 57.5 Å². The number of carboxylic acid groups (broad SMARTS) is 1. The van der Waals surface area contributed by atoms with Crippen LogP contribution in [0.4, 0.5) is 0 Å². The lowest BCUT2D eigenvalue weighted by Gasteiger charge is -2.37. The fourth-order valence-electron chi connectivity index (χ4n) is 2.37. The highest BCUT2D eigenvalue weighted by Gasteiger charge is 2.42. The Kier molecular flexibility index (Phi) is 6.76. The van der Waals surface area contributed by atoms with Crippen LogP contribution in [-0.2, 0) is 4.79 Å². The van der Waals surface area contributed by atoms with Crippen LogP contribution in [0.5, 0.6) is 0 Å². The number of hydrogen-bond acceptors (Lipinski definition) is 2. The van der Waals surface area contributed by atoms with Crippen LogP contribution in [0.2, 0.25) is 0 Å². The van der Waals surface area contributed by atoms with Crippen LogP contribution in [-0.4, -0.2) is 21.8 Å². The first-order valence-corrected chi connectivity index (χ1v) is 6.85. The van der Waals surface area contributed by atoms with Crippen molar-refractivity contribution in [2.75, 3.05) is 0 Å². The summed E-state index contributed by atoms with van der Waals surface area (Å²) < 4.78 is 0. The van der Waals surface area contributed by atoms with E-state index in [9.17, 15) is 15.0 Å². The van der Waals surface area contributed by atoms with Crippen molar-refractivity contribution in [3.8, 4) is 0 Å². The molecule has 0 heterocycles. The molecule has 0 rings (SSSR count). The average molecular weight is 244 g/mol. The largest absolute Gasteiger partial charge is 0.481 e. The summed E-state index contributed by atoms with van der Waals surface area (Å²) in [4.78, 5) is 11.6. The molecule has 102 valence electrons. The molecule has 0 spiro atoms. The first-order chi connectivity index (χ1) is 7.89. The maximum Gasteiger partial charge on any atom is 0.309 e. The van der Waals surface area contributed by atoms with Crippen LogP contribution in [0.15, 0.2) is 0 Å². The Balaban J connectivity index is 4.96. The van der Waals surface area contributed by atoms with E-state index in [1.165, 1.54) is 0 Å². The first-order valence-electron chi connectivity index (χ1n) is 6.85. The minimum absolute atomic E-state index is 0.374. The van der Waals surface area contributed by atoms with Gasteiger partial charge in [-0.3, -0.25) is 4.79 Å². The fourth-order valence-corrected chi connectivity index (χ4v) is 2.37. The SMILES string of the molecule is CCCCC(CC)(CC(O)(CC)CC)C(=O)O. The van der Waals surface area contributed by atoms with Crippen LogP contribution in [0, 0.1) is 5.41 Å². The molecule has 1 atom stereocenters. The number of carbonyl (C=O) groups is 1. The summed E-state index contributed by atoms with van der Waals surface area (Å²) in [5, 5.41) is 19.9. The van der Waals surface area contributed by atoms with E-state index in [4.69, 9.17) is 0 Å². The fraction of sp³-hybridized carbons (Fsp3) is 0.929. The van der Waals surface area contributed by atoms with Gasteiger partial charge in [0.2, 0.25) is 0 Å². The maximum atomic E-state index is 11.6. The molecule has 0 saturated heterocycles. The van der Waals surface area contributed by atoms with Crippen molar-refractivity contribution in [1.82, 2.24) is 0 Å². The second-order valence-corrected chi connectivity index (χ2v) is 5.15. The number of carboxylic acids is 1. The van der Waals surface area contributed by atoms with E-state index in [2.05, 4.69) is 6.92 Å². The quantitative estimate of drug-likeness (QED) is 0.651. The van der Waals surface area contributed by atoms with Gasteiger partial charge in [0.15, 0.2) is 0 Å². The number of hydrogen-bond donors (Lipinski definition) is 2. The van der Waals surface area contributed by atoms with E-state index in [0.717, 1.165) is 12.8 Å². The number of aliphatic carboxylic acids is 1. The molecular formula is C14H28O3. The predicted octanol–water partition coefficient (Wildman–Crippen LogP) is 3.60. The minimum Gasteiger partial charge on any atom is -0.481 e. The molecule has 0 aromatic carbocycles.